The minimum Gasteiger partial charge on any atom is -0.378 e. The minimum atomic E-state index is 0.609. The van der Waals surface area contributed by atoms with Crippen LogP contribution in [0.1, 0.15) is 32.6 Å². The van der Waals surface area contributed by atoms with E-state index in [0.717, 1.165) is 50.6 Å². The summed E-state index contributed by atoms with van der Waals surface area (Å²) in [6.07, 6.45) is 6.07. The van der Waals surface area contributed by atoms with Crippen molar-refractivity contribution in [2.45, 2.75) is 38.6 Å². The fourth-order valence-corrected chi connectivity index (χ4v) is 4.33. The zero-order valence-corrected chi connectivity index (χ0v) is 11.7. The topological polar surface area (TPSA) is 24.5 Å². The predicted molar refractivity (Wildman–Crippen MR) is 73.7 cm³/mol. The van der Waals surface area contributed by atoms with E-state index in [2.05, 4.69) is 17.1 Å². The molecule has 2 aliphatic carbocycles. The van der Waals surface area contributed by atoms with Crippen molar-refractivity contribution < 1.29 is 4.74 Å². The summed E-state index contributed by atoms with van der Waals surface area (Å²) in [5, 5.41) is 3.49. The molecule has 3 aliphatic rings. The van der Waals surface area contributed by atoms with E-state index in [0.29, 0.717) is 6.04 Å². The first kappa shape index (κ1) is 12.9. The van der Waals surface area contributed by atoms with E-state index in [-0.39, 0.29) is 0 Å². The average Bonchev–Trinajstić information content (AvgIpc) is 3.00. The Labute approximate surface area is 111 Å². The highest BCUT2D eigenvalue weighted by Crippen LogP contribution is 2.48. The number of rotatable bonds is 5. The van der Waals surface area contributed by atoms with Crippen LogP contribution in [0.3, 0.4) is 0 Å². The van der Waals surface area contributed by atoms with Gasteiger partial charge in [0.25, 0.3) is 0 Å². The standard InChI is InChI=1S/C15H28N2O/c1-2-16-9-15-11-18-6-5-17(15)10-14-8-12-3-4-13(14)7-12/h12-16H,2-11H2,1H3. The monoisotopic (exact) mass is 252 g/mol. The van der Waals surface area contributed by atoms with Gasteiger partial charge in [-0.3, -0.25) is 4.90 Å². The number of likely N-dealkylation sites (N-methyl/N-ethyl adjacent to an activating group) is 1. The Bertz CT molecular complexity index is 271. The fourth-order valence-electron chi connectivity index (χ4n) is 4.33. The summed E-state index contributed by atoms with van der Waals surface area (Å²) in [7, 11) is 0. The van der Waals surface area contributed by atoms with Gasteiger partial charge in [0.15, 0.2) is 0 Å². The van der Waals surface area contributed by atoms with Crippen molar-refractivity contribution in [2.24, 2.45) is 17.8 Å². The van der Waals surface area contributed by atoms with Gasteiger partial charge in [0.05, 0.1) is 13.2 Å². The van der Waals surface area contributed by atoms with Gasteiger partial charge in [0, 0.05) is 25.7 Å². The van der Waals surface area contributed by atoms with Crippen LogP contribution in [0.4, 0.5) is 0 Å². The molecule has 1 saturated heterocycles. The average molecular weight is 252 g/mol. The van der Waals surface area contributed by atoms with E-state index in [1.165, 1.54) is 32.2 Å². The van der Waals surface area contributed by atoms with Gasteiger partial charge in [-0.25, -0.2) is 0 Å². The molecule has 1 N–H and O–H groups in total. The SMILES string of the molecule is CCNCC1COCCN1CC1CC2CCC1C2. The highest BCUT2D eigenvalue weighted by molar-refractivity contribution is 4.92. The van der Waals surface area contributed by atoms with Crippen LogP contribution in [0.15, 0.2) is 0 Å². The first-order valence-corrected chi connectivity index (χ1v) is 7.89. The van der Waals surface area contributed by atoms with Crippen molar-refractivity contribution in [3.8, 4) is 0 Å². The zero-order valence-electron chi connectivity index (χ0n) is 11.7. The van der Waals surface area contributed by atoms with E-state index in [1.807, 2.05) is 0 Å². The van der Waals surface area contributed by atoms with Crippen molar-refractivity contribution in [2.75, 3.05) is 39.4 Å². The number of fused-ring (bicyclic) bond motifs is 2. The van der Waals surface area contributed by atoms with Gasteiger partial charge in [-0.2, -0.15) is 0 Å². The zero-order chi connectivity index (χ0) is 12.4. The van der Waals surface area contributed by atoms with Gasteiger partial charge in [0.2, 0.25) is 0 Å². The van der Waals surface area contributed by atoms with Crippen LogP contribution in [0.5, 0.6) is 0 Å². The lowest BCUT2D eigenvalue weighted by molar-refractivity contribution is -0.0171. The fraction of sp³-hybridized carbons (Fsp3) is 1.00. The summed E-state index contributed by atoms with van der Waals surface area (Å²) in [6.45, 7) is 8.68. The van der Waals surface area contributed by atoms with Gasteiger partial charge in [-0.05, 0) is 43.6 Å². The molecule has 104 valence electrons. The Morgan fingerprint density at radius 3 is 2.94 bits per heavy atom. The van der Waals surface area contributed by atoms with E-state index in [4.69, 9.17) is 4.74 Å². The third-order valence-corrected chi connectivity index (χ3v) is 5.33. The Morgan fingerprint density at radius 1 is 1.28 bits per heavy atom. The molecule has 3 fully saturated rings. The highest BCUT2D eigenvalue weighted by atomic mass is 16.5. The minimum absolute atomic E-state index is 0.609. The predicted octanol–water partition coefficient (Wildman–Crippen LogP) is 1.73. The molecule has 2 saturated carbocycles. The molecule has 2 bridgehead atoms. The van der Waals surface area contributed by atoms with Crippen molar-refractivity contribution >= 4 is 0 Å². The lowest BCUT2D eigenvalue weighted by atomic mass is 9.88. The second-order valence-electron chi connectivity index (χ2n) is 6.47. The van der Waals surface area contributed by atoms with Gasteiger partial charge in [-0.15, -0.1) is 0 Å². The largest absolute Gasteiger partial charge is 0.378 e. The molecule has 0 amide bonds. The maximum Gasteiger partial charge on any atom is 0.0634 e. The van der Waals surface area contributed by atoms with Gasteiger partial charge in [0.1, 0.15) is 0 Å². The quantitative estimate of drug-likeness (QED) is 0.806. The molecule has 4 atom stereocenters. The molecule has 0 aromatic heterocycles. The number of ether oxygens (including phenoxy) is 1. The molecule has 3 heteroatoms. The molecular weight excluding hydrogens is 224 g/mol. The number of hydrogen-bond acceptors (Lipinski definition) is 3. The molecule has 0 aromatic carbocycles. The Balaban J connectivity index is 1.52. The summed E-state index contributed by atoms with van der Waals surface area (Å²) in [5.41, 5.74) is 0. The Kier molecular flexibility index (Phi) is 4.22. The van der Waals surface area contributed by atoms with Gasteiger partial charge in [-0.1, -0.05) is 13.3 Å². The molecule has 3 rings (SSSR count). The van der Waals surface area contributed by atoms with Crippen LogP contribution in [0, 0.1) is 17.8 Å². The van der Waals surface area contributed by atoms with Crippen LogP contribution in [0.25, 0.3) is 0 Å². The van der Waals surface area contributed by atoms with E-state index < -0.39 is 0 Å². The highest BCUT2D eigenvalue weighted by Gasteiger charge is 2.40. The summed E-state index contributed by atoms with van der Waals surface area (Å²) in [4.78, 5) is 2.71. The van der Waals surface area contributed by atoms with Crippen LogP contribution >= 0.6 is 0 Å². The summed E-state index contributed by atoms with van der Waals surface area (Å²) < 4.78 is 5.65. The van der Waals surface area contributed by atoms with Crippen molar-refractivity contribution in [3.05, 3.63) is 0 Å². The van der Waals surface area contributed by atoms with Crippen LogP contribution < -0.4 is 5.32 Å². The third kappa shape index (κ3) is 2.73. The lowest BCUT2D eigenvalue weighted by Crippen LogP contribution is -2.52. The lowest BCUT2D eigenvalue weighted by Gasteiger charge is -2.38. The maximum atomic E-state index is 5.65. The molecule has 18 heavy (non-hydrogen) atoms. The van der Waals surface area contributed by atoms with E-state index in [9.17, 15) is 0 Å². The van der Waals surface area contributed by atoms with E-state index >= 15 is 0 Å². The smallest absolute Gasteiger partial charge is 0.0634 e. The van der Waals surface area contributed by atoms with Crippen LogP contribution in [-0.4, -0.2) is 50.3 Å². The molecule has 0 aromatic rings. The summed E-state index contributed by atoms with van der Waals surface area (Å²) in [5.74, 6) is 3.12. The molecule has 3 nitrogen and oxygen atoms in total. The number of hydrogen-bond donors (Lipinski definition) is 1. The third-order valence-electron chi connectivity index (χ3n) is 5.33. The molecule has 1 aliphatic heterocycles. The van der Waals surface area contributed by atoms with Gasteiger partial charge >= 0.3 is 0 Å². The molecule has 0 spiro atoms. The summed E-state index contributed by atoms with van der Waals surface area (Å²) >= 11 is 0. The normalized spacial score (nSPS) is 40.5. The Hall–Kier alpha value is -0.120. The van der Waals surface area contributed by atoms with Gasteiger partial charge < -0.3 is 10.1 Å². The van der Waals surface area contributed by atoms with Crippen LogP contribution in [0.2, 0.25) is 0 Å². The maximum absolute atomic E-state index is 5.65. The van der Waals surface area contributed by atoms with Crippen molar-refractivity contribution in [1.29, 1.82) is 0 Å². The molecular formula is C15H28N2O. The molecule has 0 radical (unpaired) electrons. The van der Waals surface area contributed by atoms with Crippen molar-refractivity contribution in [3.63, 3.8) is 0 Å². The summed E-state index contributed by atoms with van der Waals surface area (Å²) in [6, 6.07) is 0.609. The second kappa shape index (κ2) is 5.89. The Morgan fingerprint density at radius 2 is 2.22 bits per heavy atom. The molecule has 1 heterocycles. The first-order valence-electron chi connectivity index (χ1n) is 7.89. The molecule has 4 unspecified atom stereocenters. The number of nitrogens with zero attached hydrogens (tertiary/aromatic N) is 1. The second-order valence-corrected chi connectivity index (χ2v) is 6.47. The van der Waals surface area contributed by atoms with Crippen molar-refractivity contribution in [1.82, 2.24) is 10.2 Å². The van der Waals surface area contributed by atoms with Crippen LogP contribution in [-0.2, 0) is 4.74 Å². The first-order chi connectivity index (χ1) is 8.86. The van der Waals surface area contributed by atoms with E-state index in [1.54, 1.807) is 0 Å². The number of morpholine rings is 1. The number of nitrogens with one attached hydrogen (secondary N) is 1.